The average molecular weight is 538 g/mol. The van der Waals surface area contributed by atoms with Crippen molar-refractivity contribution >= 4 is 52.6 Å². The number of hydrazone groups is 1. The summed E-state index contributed by atoms with van der Waals surface area (Å²) in [5.41, 5.74) is 1.53. The number of benzene rings is 1. The van der Waals surface area contributed by atoms with Gasteiger partial charge in [-0.1, -0.05) is 23.2 Å². The van der Waals surface area contributed by atoms with Crippen LogP contribution < -0.4 is 21.0 Å². The van der Waals surface area contributed by atoms with Gasteiger partial charge in [0.1, 0.15) is 17.9 Å². The lowest BCUT2D eigenvalue weighted by molar-refractivity contribution is -0.146. The quantitative estimate of drug-likeness (QED) is 0.276. The number of nitrogens with zero attached hydrogens (tertiary/aromatic N) is 3. The summed E-state index contributed by atoms with van der Waals surface area (Å²) in [6.45, 7) is 4.90. The lowest BCUT2D eigenvalue weighted by Crippen LogP contribution is -2.36. The van der Waals surface area contributed by atoms with Gasteiger partial charge < -0.3 is 14.2 Å². The number of hydrogen-bond donors (Lipinski definition) is 2. The van der Waals surface area contributed by atoms with E-state index in [4.69, 9.17) is 37.9 Å². The number of ether oxygens (including phenoxy) is 3. The SMILES string of the molecule is CCOC(=O)NC(=O)C(C#N)=NNc1cc(Cl)c(Oc2ccc(=O)n(C(C)C(=O)OCC)c2)c(Cl)c1. The van der Waals surface area contributed by atoms with Gasteiger partial charge in [0.25, 0.3) is 11.5 Å². The molecule has 0 fully saturated rings. The number of carbonyl (C=O) groups excluding carboxylic acids is 3. The number of aromatic nitrogens is 1. The second kappa shape index (κ2) is 13.1. The molecule has 2 aromatic rings. The third-order valence-corrected chi connectivity index (χ3v) is 4.84. The molecular formula is C22H21Cl2N5O7. The molecule has 0 aliphatic heterocycles. The number of alkyl carbamates (subject to hydrolysis) is 1. The number of halogens is 2. The number of nitrogens with one attached hydrogen (secondary N) is 2. The van der Waals surface area contributed by atoms with E-state index >= 15 is 0 Å². The summed E-state index contributed by atoms with van der Waals surface area (Å²) in [7, 11) is 0. The third kappa shape index (κ3) is 7.46. The third-order valence-electron chi connectivity index (χ3n) is 4.28. The summed E-state index contributed by atoms with van der Waals surface area (Å²) >= 11 is 12.6. The van der Waals surface area contributed by atoms with Gasteiger partial charge in [-0.25, -0.2) is 9.59 Å². The predicted molar refractivity (Wildman–Crippen MR) is 130 cm³/mol. The highest BCUT2D eigenvalue weighted by Crippen LogP contribution is 2.38. The Morgan fingerprint density at radius 2 is 1.78 bits per heavy atom. The van der Waals surface area contributed by atoms with Crippen LogP contribution in [0.4, 0.5) is 10.5 Å². The van der Waals surface area contributed by atoms with Gasteiger partial charge in [-0.05, 0) is 39.0 Å². The fourth-order valence-electron chi connectivity index (χ4n) is 2.63. The zero-order valence-corrected chi connectivity index (χ0v) is 20.8. The molecule has 190 valence electrons. The smallest absolute Gasteiger partial charge is 0.414 e. The Bertz CT molecular complexity index is 1260. The fourth-order valence-corrected chi connectivity index (χ4v) is 3.19. The first-order valence-electron chi connectivity index (χ1n) is 10.4. The summed E-state index contributed by atoms with van der Waals surface area (Å²) in [5, 5.41) is 14.6. The summed E-state index contributed by atoms with van der Waals surface area (Å²) in [5.74, 6) is -1.47. The van der Waals surface area contributed by atoms with Gasteiger partial charge in [0.15, 0.2) is 5.75 Å². The summed E-state index contributed by atoms with van der Waals surface area (Å²) < 4.78 is 16.4. The van der Waals surface area contributed by atoms with Crippen LogP contribution in [-0.4, -0.2) is 41.5 Å². The Kier molecular flexibility index (Phi) is 10.3. The Balaban J connectivity index is 2.23. The van der Waals surface area contributed by atoms with Gasteiger partial charge in [-0.2, -0.15) is 10.4 Å². The van der Waals surface area contributed by atoms with E-state index in [9.17, 15) is 19.2 Å². The van der Waals surface area contributed by atoms with Crippen LogP contribution in [0.1, 0.15) is 26.8 Å². The van der Waals surface area contributed by atoms with Crippen molar-refractivity contribution < 1.29 is 28.6 Å². The zero-order chi connectivity index (χ0) is 26.8. The maximum absolute atomic E-state index is 12.2. The van der Waals surface area contributed by atoms with E-state index in [0.29, 0.717) is 0 Å². The minimum atomic E-state index is -1.08. The first kappa shape index (κ1) is 28.2. The molecule has 1 aromatic carbocycles. The Morgan fingerprint density at radius 3 is 2.36 bits per heavy atom. The van der Waals surface area contributed by atoms with Gasteiger partial charge in [0.2, 0.25) is 5.71 Å². The molecule has 36 heavy (non-hydrogen) atoms. The Morgan fingerprint density at radius 1 is 1.14 bits per heavy atom. The molecule has 14 heteroatoms. The van der Waals surface area contributed by atoms with Crippen molar-refractivity contribution in [2.45, 2.75) is 26.8 Å². The monoisotopic (exact) mass is 537 g/mol. The standard InChI is InChI=1S/C22H21Cl2N5O7/c1-4-34-21(32)12(3)29-11-14(6-7-18(29)30)36-19-15(23)8-13(9-16(19)24)27-28-17(10-25)20(31)26-22(33)35-5-2/h6-9,11-12,27H,4-5H2,1-3H3,(H,26,31,33). The molecule has 0 bridgehead atoms. The van der Waals surface area contributed by atoms with E-state index in [2.05, 4.69) is 15.3 Å². The van der Waals surface area contributed by atoms with Gasteiger partial charge in [-0.3, -0.25) is 24.9 Å². The topological polar surface area (TPSA) is 161 Å². The molecule has 1 unspecified atom stereocenters. The number of imide groups is 1. The zero-order valence-electron chi connectivity index (χ0n) is 19.3. The number of amides is 2. The van der Waals surface area contributed by atoms with E-state index in [1.165, 1.54) is 37.4 Å². The lowest BCUT2D eigenvalue weighted by atomic mass is 10.3. The predicted octanol–water partition coefficient (Wildman–Crippen LogP) is 3.64. The molecule has 1 atom stereocenters. The number of esters is 1. The number of nitriles is 1. The van der Waals surface area contributed by atoms with Crippen LogP contribution in [0.3, 0.4) is 0 Å². The molecule has 2 rings (SSSR count). The van der Waals surface area contributed by atoms with Crippen molar-refractivity contribution in [3.63, 3.8) is 0 Å². The average Bonchev–Trinajstić information content (AvgIpc) is 2.82. The van der Waals surface area contributed by atoms with Crippen LogP contribution in [0, 0.1) is 11.3 Å². The molecule has 1 heterocycles. The van der Waals surface area contributed by atoms with Gasteiger partial charge in [-0.15, -0.1) is 0 Å². The van der Waals surface area contributed by atoms with Crippen LogP contribution in [0.2, 0.25) is 10.0 Å². The van der Waals surface area contributed by atoms with Gasteiger partial charge >= 0.3 is 12.1 Å². The number of anilines is 1. The van der Waals surface area contributed by atoms with Crippen molar-refractivity contribution in [3.05, 3.63) is 50.9 Å². The molecule has 12 nitrogen and oxygen atoms in total. The first-order valence-corrected chi connectivity index (χ1v) is 11.1. The number of carbonyl (C=O) groups is 3. The normalized spacial score (nSPS) is 11.6. The van der Waals surface area contributed by atoms with Crippen LogP contribution in [0.5, 0.6) is 11.5 Å². The highest BCUT2D eigenvalue weighted by Gasteiger charge is 2.19. The lowest BCUT2D eigenvalue weighted by Gasteiger charge is -2.16. The Labute approximate surface area is 215 Å². The van der Waals surface area contributed by atoms with Crippen LogP contribution in [-0.2, 0) is 19.1 Å². The molecule has 0 saturated heterocycles. The molecule has 0 radical (unpaired) electrons. The van der Waals surface area contributed by atoms with Crippen molar-refractivity contribution in [2.24, 2.45) is 5.10 Å². The maximum Gasteiger partial charge on any atom is 0.414 e. The molecule has 0 aliphatic carbocycles. The van der Waals surface area contributed by atoms with Crippen molar-refractivity contribution in [1.82, 2.24) is 9.88 Å². The van der Waals surface area contributed by atoms with E-state index < -0.39 is 35.3 Å². The van der Waals surface area contributed by atoms with E-state index in [1.807, 2.05) is 5.32 Å². The van der Waals surface area contributed by atoms with Gasteiger partial charge in [0, 0.05) is 6.07 Å². The van der Waals surface area contributed by atoms with Crippen LogP contribution >= 0.6 is 23.2 Å². The van der Waals surface area contributed by atoms with Gasteiger partial charge in [0.05, 0.1) is 35.1 Å². The van der Waals surface area contributed by atoms with Crippen molar-refractivity contribution in [1.29, 1.82) is 5.26 Å². The summed E-state index contributed by atoms with van der Waals surface area (Å²) in [6.07, 6.45) is 0.287. The van der Waals surface area contributed by atoms with E-state index in [1.54, 1.807) is 19.9 Å². The largest absolute Gasteiger partial charge is 0.464 e. The number of pyridine rings is 1. The minimum Gasteiger partial charge on any atom is -0.464 e. The molecule has 2 amide bonds. The Hall–Kier alpha value is -4.08. The fraction of sp³-hybridized carbons (Fsp3) is 0.273. The van der Waals surface area contributed by atoms with Crippen LogP contribution in [0.25, 0.3) is 0 Å². The molecule has 1 aromatic heterocycles. The van der Waals surface area contributed by atoms with E-state index in [-0.39, 0.29) is 40.4 Å². The highest BCUT2D eigenvalue weighted by molar-refractivity contribution is 6.47. The molecular weight excluding hydrogens is 517 g/mol. The molecule has 2 N–H and O–H groups in total. The summed E-state index contributed by atoms with van der Waals surface area (Å²) in [4.78, 5) is 47.5. The second-order valence-corrected chi connectivity index (χ2v) is 7.58. The minimum absolute atomic E-state index is 0.0193. The first-order chi connectivity index (χ1) is 17.1. The van der Waals surface area contributed by atoms with E-state index in [0.717, 1.165) is 4.57 Å². The second-order valence-electron chi connectivity index (χ2n) is 6.77. The van der Waals surface area contributed by atoms with Crippen LogP contribution in [0.15, 0.2) is 40.4 Å². The van der Waals surface area contributed by atoms with Crippen molar-refractivity contribution in [3.8, 4) is 17.6 Å². The highest BCUT2D eigenvalue weighted by atomic mass is 35.5. The molecule has 0 saturated carbocycles. The van der Waals surface area contributed by atoms with Crippen molar-refractivity contribution in [2.75, 3.05) is 18.6 Å². The number of hydrogen-bond acceptors (Lipinski definition) is 10. The molecule has 0 spiro atoms. The summed E-state index contributed by atoms with van der Waals surface area (Å²) in [6, 6.07) is 5.93. The maximum atomic E-state index is 12.2. The number of rotatable bonds is 9. The molecule has 0 aliphatic rings.